The molecule has 3 nitrogen and oxygen atoms in total. The van der Waals surface area contributed by atoms with Crippen LogP contribution in [0, 0.1) is 0 Å². The summed E-state index contributed by atoms with van der Waals surface area (Å²) in [5.74, 6) is -0.333. The Morgan fingerprint density at radius 3 is 2.29 bits per heavy atom. The summed E-state index contributed by atoms with van der Waals surface area (Å²) in [7, 11) is 0. The standard InChI is InChI=1S/C22H14ClNO2S2/c23-16-5-4-6-17(14-16)24-21(25)20(28-22(24)26)13-15-9-11-19(12-10-15)27-18-7-2-1-3-8-18/h1-14H/b20-13+. The van der Waals surface area contributed by atoms with Gasteiger partial charge in [0.2, 0.25) is 0 Å². The van der Waals surface area contributed by atoms with Crippen LogP contribution < -0.4 is 4.90 Å². The fraction of sp³-hybridized carbons (Fsp3) is 0. The molecule has 0 N–H and O–H groups in total. The van der Waals surface area contributed by atoms with E-state index < -0.39 is 0 Å². The number of carbonyl (C=O) groups is 2. The predicted octanol–water partition coefficient (Wildman–Crippen LogP) is 6.73. The second-order valence-corrected chi connectivity index (χ2v) is 8.56. The Hall–Kier alpha value is -2.47. The maximum absolute atomic E-state index is 12.7. The van der Waals surface area contributed by atoms with Crippen LogP contribution in [0.25, 0.3) is 6.08 Å². The van der Waals surface area contributed by atoms with Crippen LogP contribution in [0.15, 0.2) is 93.6 Å². The molecular weight excluding hydrogens is 410 g/mol. The van der Waals surface area contributed by atoms with E-state index in [1.54, 1.807) is 42.1 Å². The van der Waals surface area contributed by atoms with Gasteiger partial charge < -0.3 is 0 Å². The quantitative estimate of drug-likeness (QED) is 0.436. The lowest BCUT2D eigenvalue weighted by atomic mass is 10.2. The third-order valence-corrected chi connectivity index (χ3v) is 6.14. The molecule has 3 aromatic rings. The van der Waals surface area contributed by atoms with E-state index in [9.17, 15) is 9.59 Å². The Balaban J connectivity index is 1.53. The van der Waals surface area contributed by atoms with Crippen LogP contribution in [0.5, 0.6) is 0 Å². The first-order valence-electron chi connectivity index (χ1n) is 8.47. The SMILES string of the molecule is O=C1S/C(=C/c2ccc(Sc3ccccc3)cc2)C(=O)N1c1cccc(Cl)c1. The van der Waals surface area contributed by atoms with Gasteiger partial charge in [0, 0.05) is 14.8 Å². The van der Waals surface area contributed by atoms with Crippen molar-refractivity contribution in [2.45, 2.75) is 9.79 Å². The number of imide groups is 1. The molecule has 28 heavy (non-hydrogen) atoms. The summed E-state index contributed by atoms with van der Waals surface area (Å²) in [6, 6.07) is 24.7. The zero-order chi connectivity index (χ0) is 19.5. The summed E-state index contributed by atoms with van der Waals surface area (Å²) in [5, 5.41) is 0.154. The molecule has 0 radical (unpaired) electrons. The molecule has 1 saturated heterocycles. The van der Waals surface area contributed by atoms with Crippen LogP contribution >= 0.6 is 35.1 Å². The number of amides is 2. The molecule has 6 heteroatoms. The Morgan fingerprint density at radius 1 is 0.857 bits per heavy atom. The monoisotopic (exact) mass is 423 g/mol. The third kappa shape index (κ3) is 4.17. The normalized spacial score (nSPS) is 15.5. The summed E-state index contributed by atoms with van der Waals surface area (Å²) in [4.78, 5) is 28.9. The number of rotatable bonds is 4. The van der Waals surface area contributed by atoms with Crippen LogP contribution in [0.2, 0.25) is 5.02 Å². The minimum absolute atomic E-state index is 0.324. The van der Waals surface area contributed by atoms with E-state index in [0.29, 0.717) is 15.6 Å². The molecule has 0 aliphatic carbocycles. The van der Waals surface area contributed by atoms with Crippen molar-refractivity contribution in [3.8, 4) is 0 Å². The maximum atomic E-state index is 12.7. The van der Waals surface area contributed by atoms with Gasteiger partial charge in [-0.15, -0.1) is 0 Å². The maximum Gasteiger partial charge on any atom is 0.298 e. The molecule has 138 valence electrons. The Morgan fingerprint density at radius 2 is 1.57 bits per heavy atom. The zero-order valence-corrected chi connectivity index (χ0v) is 16.9. The summed E-state index contributed by atoms with van der Waals surface area (Å²) < 4.78 is 0. The molecule has 0 saturated carbocycles. The van der Waals surface area contributed by atoms with E-state index >= 15 is 0 Å². The van der Waals surface area contributed by atoms with Gasteiger partial charge in [0.25, 0.3) is 11.1 Å². The first-order valence-corrected chi connectivity index (χ1v) is 10.5. The molecule has 1 aliphatic heterocycles. The van der Waals surface area contributed by atoms with E-state index in [1.807, 2.05) is 42.5 Å². The molecule has 3 aromatic carbocycles. The van der Waals surface area contributed by atoms with Gasteiger partial charge in [-0.05, 0) is 65.9 Å². The van der Waals surface area contributed by atoms with Crippen LogP contribution in [0.3, 0.4) is 0 Å². The summed E-state index contributed by atoms with van der Waals surface area (Å²) in [5.41, 5.74) is 1.35. The van der Waals surface area contributed by atoms with Crippen LogP contribution in [-0.2, 0) is 4.79 Å². The van der Waals surface area contributed by atoms with Crippen molar-refractivity contribution in [1.29, 1.82) is 0 Å². The number of halogens is 1. The van der Waals surface area contributed by atoms with Crippen LogP contribution in [0.1, 0.15) is 5.56 Å². The third-order valence-electron chi connectivity index (χ3n) is 4.02. The second kappa shape index (κ2) is 8.27. The predicted molar refractivity (Wildman–Crippen MR) is 117 cm³/mol. The van der Waals surface area contributed by atoms with Crippen molar-refractivity contribution in [3.63, 3.8) is 0 Å². The number of hydrogen-bond donors (Lipinski definition) is 0. The molecule has 0 bridgehead atoms. The highest BCUT2D eigenvalue weighted by molar-refractivity contribution is 8.19. The van der Waals surface area contributed by atoms with Crippen LogP contribution in [-0.4, -0.2) is 11.1 Å². The number of thioether (sulfide) groups is 1. The van der Waals surface area contributed by atoms with Crippen molar-refractivity contribution >= 4 is 58.0 Å². The van der Waals surface area contributed by atoms with Crippen molar-refractivity contribution in [2.24, 2.45) is 0 Å². The Bertz CT molecular complexity index is 1070. The minimum Gasteiger partial charge on any atom is -0.268 e. The summed E-state index contributed by atoms with van der Waals surface area (Å²) in [6.07, 6.45) is 1.74. The van der Waals surface area contributed by atoms with Gasteiger partial charge >= 0.3 is 0 Å². The lowest BCUT2D eigenvalue weighted by Crippen LogP contribution is -2.27. The topological polar surface area (TPSA) is 37.4 Å². The highest BCUT2D eigenvalue weighted by Gasteiger charge is 2.36. The van der Waals surface area contributed by atoms with Crippen molar-refractivity contribution in [2.75, 3.05) is 4.90 Å². The van der Waals surface area contributed by atoms with E-state index in [4.69, 9.17) is 11.6 Å². The van der Waals surface area contributed by atoms with Gasteiger partial charge in [-0.3, -0.25) is 9.59 Å². The molecule has 1 heterocycles. The first-order chi connectivity index (χ1) is 13.6. The van der Waals surface area contributed by atoms with Crippen molar-refractivity contribution in [3.05, 3.63) is 94.4 Å². The zero-order valence-electron chi connectivity index (χ0n) is 14.5. The molecule has 0 aromatic heterocycles. The van der Waals surface area contributed by atoms with Gasteiger partial charge in [-0.25, -0.2) is 4.90 Å². The Labute approximate surface area is 176 Å². The van der Waals surface area contributed by atoms with Gasteiger partial charge in [0.15, 0.2) is 0 Å². The van der Waals surface area contributed by atoms with E-state index in [1.165, 1.54) is 0 Å². The average molecular weight is 424 g/mol. The molecular formula is C22H14ClNO2S2. The highest BCUT2D eigenvalue weighted by atomic mass is 35.5. The largest absolute Gasteiger partial charge is 0.298 e. The summed E-state index contributed by atoms with van der Waals surface area (Å²) in [6.45, 7) is 0. The van der Waals surface area contributed by atoms with Gasteiger partial charge in [-0.1, -0.05) is 59.8 Å². The number of nitrogens with zero attached hydrogens (tertiary/aromatic N) is 1. The average Bonchev–Trinajstić information content (AvgIpc) is 2.97. The van der Waals surface area contributed by atoms with Gasteiger partial charge in [0.1, 0.15) is 0 Å². The molecule has 1 fully saturated rings. The van der Waals surface area contributed by atoms with E-state index in [-0.39, 0.29) is 11.1 Å². The van der Waals surface area contributed by atoms with E-state index in [2.05, 4.69) is 12.1 Å². The molecule has 2 amide bonds. The molecule has 4 rings (SSSR count). The van der Waals surface area contributed by atoms with Crippen LogP contribution in [0.4, 0.5) is 10.5 Å². The first kappa shape index (κ1) is 18.9. The smallest absolute Gasteiger partial charge is 0.268 e. The number of anilines is 1. The van der Waals surface area contributed by atoms with E-state index in [0.717, 1.165) is 32.0 Å². The lowest BCUT2D eigenvalue weighted by molar-refractivity contribution is -0.113. The fourth-order valence-corrected chi connectivity index (χ4v) is 4.58. The fourth-order valence-electron chi connectivity index (χ4n) is 2.71. The van der Waals surface area contributed by atoms with Gasteiger partial charge in [0.05, 0.1) is 10.6 Å². The molecule has 0 unspecified atom stereocenters. The number of benzene rings is 3. The number of carbonyl (C=O) groups excluding carboxylic acids is 2. The second-order valence-electron chi connectivity index (χ2n) is 5.98. The summed E-state index contributed by atoms with van der Waals surface area (Å²) >= 11 is 8.59. The molecule has 0 spiro atoms. The Kier molecular flexibility index (Phi) is 5.57. The lowest BCUT2D eigenvalue weighted by Gasteiger charge is -2.12. The van der Waals surface area contributed by atoms with Gasteiger partial charge in [-0.2, -0.15) is 0 Å². The minimum atomic E-state index is -0.333. The molecule has 1 aliphatic rings. The highest BCUT2D eigenvalue weighted by Crippen LogP contribution is 2.36. The molecule has 0 atom stereocenters. The van der Waals surface area contributed by atoms with Crippen molar-refractivity contribution in [1.82, 2.24) is 0 Å². The van der Waals surface area contributed by atoms with Crippen molar-refractivity contribution < 1.29 is 9.59 Å². The number of hydrogen-bond acceptors (Lipinski definition) is 4.